The Balaban J connectivity index is 1.59. The number of methoxy groups -OCH3 is 1. The normalized spacial score (nSPS) is 14.0. The number of hydrogen-bond acceptors (Lipinski definition) is 6. The van der Waals surface area contributed by atoms with E-state index in [9.17, 15) is 9.59 Å². The average Bonchev–Trinajstić information content (AvgIpc) is 3.10. The number of carbonyl (C=O) groups is 2. The van der Waals surface area contributed by atoms with Crippen LogP contribution < -0.4 is 9.64 Å². The molecule has 0 saturated carbocycles. The van der Waals surface area contributed by atoms with Gasteiger partial charge in [0.05, 0.1) is 12.8 Å². The topological polar surface area (TPSA) is 78.9 Å². The molecule has 8 heteroatoms. The first-order valence-electron chi connectivity index (χ1n) is 11.8. The second-order valence-electron chi connectivity index (χ2n) is 8.89. The van der Waals surface area contributed by atoms with E-state index in [2.05, 4.69) is 21.7 Å². The minimum Gasteiger partial charge on any atom is -0.497 e. The van der Waals surface area contributed by atoms with Crippen LogP contribution in [0.5, 0.6) is 5.75 Å². The second-order valence-corrected chi connectivity index (χ2v) is 8.89. The van der Waals surface area contributed by atoms with Crippen molar-refractivity contribution in [3.8, 4) is 17.0 Å². The van der Waals surface area contributed by atoms with Crippen molar-refractivity contribution in [3.05, 3.63) is 49.1 Å². The number of aromatic nitrogens is 2. The standard InChI is InChI=1S/C26H35N5O3/c1-5-13-31(25(32)18-20(2)3)19-26(33)30-15-6-14-29(16-17-30)24-12-11-23(27-28-24)21-7-9-22(34-4)10-8-21/h5,7-12,20H,1,6,13-19H2,2-4H3. The van der Waals surface area contributed by atoms with E-state index in [1.54, 1.807) is 18.1 Å². The average molecular weight is 466 g/mol. The monoisotopic (exact) mass is 465 g/mol. The van der Waals surface area contributed by atoms with E-state index in [1.807, 2.05) is 55.1 Å². The van der Waals surface area contributed by atoms with Crippen LogP contribution in [0.1, 0.15) is 26.7 Å². The molecule has 2 aromatic rings. The molecule has 2 amide bonds. The van der Waals surface area contributed by atoms with Crippen molar-refractivity contribution in [3.63, 3.8) is 0 Å². The summed E-state index contributed by atoms with van der Waals surface area (Å²) in [7, 11) is 1.64. The van der Waals surface area contributed by atoms with Crippen LogP contribution in [-0.2, 0) is 9.59 Å². The maximum atomic E-state index is 13.0. The fourth-order valence-corrected chi connectivity index (χ4v) is 3.96. The van der Waals surface area contributed by atoms with E-state index in [4.69, 9.17) is 4.74 Å². The molecule has 0 spiro atoms. The van der Waals surface area contributed by atoms with Gasteiger partial charge in [-0.3, -0.25) is 9.59 Å². The Morgan fingerprint density at radius 2 is 1.85 bits per heavy atom. The maximum Gasteiger partial charge on any atom is 0.242 e. The number of hydrogen-bond donors (Lipinski definition) is 0. The molecule has 3 rings (SSSR count). The molecule has 1 aliphatic rings. The summed E-state index contributed by atoms with van der Waals surface area (Å²) in [5.41, 5.74) is 1.77. The summed E-state index contributed by atoms with van der Waals surface area (Å²) in [6.07, 6.45) is 2.93. The van der Waals surface area contributed by atoms with Gasteiger partial charge in [-0.05, 0) is 48.7 Å². The van der Waals surface area contributed by atoms with Crippen LogP contribution in [0.3, 0.4) is 0 Å². The van der Waals surface area contributed by atoms with Crippen LogP contribution in [-0.4, -0.2) is 78.2 Å². The Labute approximate surface area is 202 Å². The van der Waals surface area contributed by atoms with Crippen molar-refractivity contribution in [1.29, 1.82) is 0 Å². The second kappa shape index (κ2) is 12.2. The first-order valence-corrected chi connectivity index (χ1v) is 11.8. The molecule has 1 fully saturated rings. The van der Waals surface area contributed by atoms with Gasteiger partial charge in [0.25, 0.3) is 0 Å². The Hall–Kier alpha value is -3.42. The summed E-state index contributed by atoms with van der Waals surface area (Å²) >= 11 is 0. The highest BCUT2D eigenvalue weighted by atomic mass is 16.5. The van der Waals surface area contributed by atoms with Crippen molar-refractivity contribution in [2.45, 2.75) is 26.7 Å². The Morgan fingerprint density at radius 1 is 1.09 bits per heavy atom. The highest BCUT2D eigenvalue weighted by molar-refractivity contribution is 5.85. The van der Waals surface area contributed by atoms with E-state index in [1.165, 1.54) is 0 Å². The Kier molecular flexibility index (Phi) is 9.01. The lowest BCUT2D eigenvalue weighted by Crippen LogP contribution is -2.44. The summed E-state index contributed by atoms with van der Waals surface area (Å²) in [4.78, 5) is 31.1. The van der Waals surface area contributed by atoms with Gasteiger partial charge in [-0.1, -0.05) is 19.9 Å². The number of carbonyl (C=O) groups excluding carboxylic acids is 2. The van der Waals surface area contributed by atoms with Gasteiger partial charge in [0, 0.05) is 44.7 Å². The summed E-state index contributed by atoms with van der Waals surface area (Å²) in [6.45, 7) is 10.9. The molecule has 0 atom stereocenters. The largest absolute Gasteiger partial charge is 0.497 e. The van der Waals surface area contributed by atoms with Crippen molar-refractivity contribution in [1.82, 2.24) is 20.0 Å². The molecule has 0 bridgehead atoms. The number of ether oxygens (including phenoxy) is 1. The third-order valence-corrected chi connectivity index (χ3v) is 5.82. The first kappa shape index (κ1) is 25.2. The van der Waals surface area contributed by atoms with E-state index in [0.29, 0.717) is 32.6 Å². The molecule has 1 saturated heterocycles. The van der Waals surface area contributed by atoms with Crippen LogP contribution in [0.2, 0.25) is 0 Å². The fourth-order valence-electron chi connectivity index (χ4n) is 3.96. The zero-order valence-electron chi connectivity index (χ0n) is 20.4. The number of anilines is 1. The number of rotatable bonds is 9. The van der Waals surface area contributed by atoms with Gasteiger partial charge in [-0.25, -0.2) is 0 Å². The lowest BCUT2D eigenvalue weighted by atomic mass is 10.1. The molecule has 8 nitrogen and oxygen atoms in total. The van der Waals surface area contributed by atoms with Gasteiger partial charge in [-0.2, -0.15) is 0 Å². The molecule has 1 aromatic heterocycles. The third-order valence-electron chi connectivity index (χ3n) is 5.82. The van der Waals surface area contributed by atoms with E-state index in [-0.39, 0.29) is 24.3 Å². The minimum atomic E-state index is -0.0262. The van der Waals surface area contributed by atoms with Gasteiger partial charge < -0.3 is 19.4 Å². The van der Waals surface area contributed by atoms with E-state index < -0.39 is 0 Å². The van der Waals surface area contributed by atoms with Crippen LogP contribution in [0.25, 0.3) is 11.3 Å². The highest BCUT2D eigenvalue weighted by Crippen LogP contribution is 2.22. The summed E-state index contributed by atoms with van der Waals surface area (Å²) in [5, 5.41) is 8.83. The fraction of sp³-hybridized carbons (Fsp3) is 0.462. The molecule has 182 valence electrons. The summed E-state index contributed by atoms with van der Waals surface area (Å²) < 4.78 is 5.21. The van der Waals surface area contributed by atoms with Gasteiger partial charge in [-0.15, -0.1) is 16.8 Å². The zero-order chi connectivity index (χ0) is 24.5. The van der Waals surface area contributed by atoms with Crippen molar-refractivity contribution in [2.75, 3.05) is 51.3 Å². The predicted molar refractivity (Wildman–Crippen MR) is 134 cm³/mol. The molecule has 0 N–H and O–H groups in total. The maximum absolute atomic E-state index is 13.0. The van der Waals surface area contributed by atoms with Crippen LogP contribution in [0, 0.1) is 5.92 Å². The Morgan fingerprint density at radius 3 is 2.47 bits per heavy atom. The lowest BCUT2D eigenvalue weighted by molar-refractivity contribution is -0.140. The molecule has 0 aliphatic carbocycles. The molecule has 1 aromatic carbocycles. The first-order chi connectivity index (χ1) is 16.4. The van der Waals surface area contributed by atoms with Gasteiger partial charge >= 0.3 is 0 Å². The summed E-state index contributed by atoms with van der Waals surface area (Å²) in [5.74, 6) is 1.81. The van der Waals surface area contributed by atoms with E-state index >= 15 is 0 Å². The van der Waals surface area contributed by atoms with Crippen molar-refractivity contribution < 1.29 is 14.3 Å². The molecule has 1 aliphatic heterocycles. The van der Waals surface area contributed by atoms with Crippen LogP contribution in [0.15, 0.2) is 49.1 Å². The molecule has 0 unspecified atom stereocenters. The summed E-state index contributed by atoms with van der Waals surface area (Å²) in [6, 6.07) is 11.7. The van der Waals surface area contributed by atoms with Gasteiger partial charge in [0.1, 0.15) is 12.3 Å². The Bertz CT molecular complexity index is 959. The SMILES string of the molecule is C=CCN(CC(=O)N1CCCN(c2ccc(-c3ccc(OC)cc3)nn2)CC1)C(=O)CC(C)C. The molecule has 0 radical (unpaired) electrons. The number of benzene rings is 1. The molecular formula is C26H35N5O3. The molecule has 2 heterocycles. The third kappa shape index (κ3) is 6.79. The quantitative estimate of drug-likeness (QED) is 0.529. The predicted octanol–water partition coefficient (Wildman–Crippen LogP) is 3.25. The van der Waals surface area contributed by atoms with E-state index in [0.717, 1.165) is 35.8 Å². The van der Waals surface area contributed by atoms with Crippen LogP contribution >= 0.6 is 0 Å². The minimum absolute atomic E-state index is 0.00748. The van der Waals surface area contributed by atoms with Crippen molar-refractivity contribution in [2.24, 2.45) is 5.92 Å². The molecule has 34 heavy (non-hydrogen) atoms. The zero-order valence-corrected chi connectivity index (χ0v) is 20.4. The smallest absolute Gasteiger partial charge is 0.242 e. The van der Waals surface area contributed by atoms with Gasteiger partial charge in [0.2, 0.25) is 11.8 Å². The van der Waals surface area contributed by atoms with Crippen molar-refractivity contribution >= 4 is 17.6 Å². The number of nitrogens with zero attached hydrogens (tertiary/aromatic N) is 5. The highest BCUT2D eigenvalue weighted by Gasteiger charge is 2.24. The molecular weight excluding hydrogens is 430 g/mol. The van der Waals surface area contributed by atoms with Crippen LogP contribution in [0.4, 0.5) is 5.82 Å². The number of amides is 2. The van der Waals surface area contributed by atoms with Gasteiger partial charge in [0.15, 0.2) is 5.82 Å². The lowest BCUT2D eigenvalue weighted by Gasteiger charge is -2.27.